The lowest BCUT2D eigenvalue weighted by Crippen LogP contribution is -2.05. The third kappa shape index (κ3) is 3.29. The first kappa shape index (κ1) is 14.6. The van der Waals surface area contributed by atoms with Crippen molar-refractivity contribution < 1.29 is 4.74 Å². The van der Waals surface area contributed by atoms with Gasteiger partial charge < -0.3 is 4.74 Å². The largest absolute Gasteiger partial charge is 0.486 e. The molecule has 1 unspecified atom stereocenters. The van der Waals surface area contributed by atoms with Crippen LogP contribution in [0.1, 0.15) is 18.6 Å². The molecule has 0 amide bonds. The Kier molecular flexibility index (Phi) is 4.40. The van der Waals surface area contributed by atoms with Crippen LogP contribution in [0.25, 0.3) is 11.3 Å². The second-order valence-electron chi connectivity index (χ2n) is 5.02. The van der Waals surface area contributed by atoms with Crippen LogP contribution < -0.4 is 4.74 Å². The van der Waals surface area contributed by atoms with E-state index in [0.717, 1.165) is 22.6 Å². The van der Waals surface area contributed by atoms with Gasteiger partial charge in [0.2, 0.25) is 0 Å². The monoisotopic (exact) mass is 309 g/mol. The molecule has 3 aromatic rings. The highest BCUT2D eigenvalue weighted by atomic mass is 35.5. The molecule has 2 nitrogen and oxygen atoms in total. The van der Waals surface area contributed by atoms with E-state index in [4.69, 9.17) is 16.3 Å². The molecular weight excluding hydrogens is 294 g/mol. The quantitative estimate of drug-likeness (QED) is 0.631. The van der Waals surface area contributed by atoms with Crippen LogP contribution in [-0.4, -0.2) is 4.98 Å². The SMILES string of the molecule is CC(Oc1ccc(Cl)cc1)c1ccccc1-c1ccccn1. The molecule has 0 radical (unpaired) electrons. The lowest BCUT2D eigenvalue weighted by Gasteiger charge is -2.18. The Balaban J connectivity index is 1.90. The van der Waals surface area contributed by atoms with Gasteiger partial charge >= 0.3 is 0 Å². The van der Waals surface area contributed by atoms with E-state index in [1.807, 2.05) is 61.5 Å². The number of benzene rings is 2. The Bertz CT molecular complexity index is 741. The number of aromatic nitrogens is 1. The first-order valence-corrected chi connectivity index (χ1v) is 7.54. The number of hydrogen-bond donors (Lipinski definition) is 0. The number of ether oxygens (including phenoxy) is 1. The molecule has 1 heterocycles. The number of hydrogen-bond acceptors (Lipinski definition) is 2. The second-order valence-corrected chi connectivity index (χ2v) is 5.45. The van der Waals surface area contributed by atoms with Crippen molar-refractivity contribution >= 4 is 11.6 Å². The summed E-state index contributed by atoms with van der Waals surface area (Å²) in [4.78, 5) is 4.44. The summed E-state index contributed by atoms with van der Waals surface area (Å²) in [5.41, 5.74) is 3.14. The van der Waals surface area contributed by atoms with Crippen LogP contribution in [0.2, 0.25) is 5.02 Å². The van der Waals surface area contributed by atoms with Crippen molar-refractivity contribution in [1.29, 1.82) is 0 Å². The molecule has 0 fully saturated rings. The minimum absolute atomic E-state index is 0.0839. The Labute approximate surface area is 135 Å². The van der Waals surface area contributed by atoms with Gasteiger partial charge in [-0.25, -0.2) is 0 Å². The van der Waals surface area contributed by atoms with Crippen molar-refractivity contribution in [2.45, 2.75) is 13.0 Å². The molecule has 1 atom stereocenters. The second kappa shape index (κ2) is 6.63. The maximum atomic E-state index is 6.03. The molecule has 0 bridgehead atoms. The van der Waals surface area contributed by atoms with E-state index in [2.05, 4.69) is 17.1 Å². The fourth-order valence-corrected chi connectivity index (χ4v) is 2.51. The smallest absolute Gasteiger partial charge is 0.122 e. The zero-order chi connectivity index (χ0) is 15.4. The van der Waals surface area contributed by atoms with E-state index in [0.29, 0.717) is 5.02 Å². The zero-order valence-electron chi connectivity index (χ0n) is 12.2. The highest BCUT2D eigenvalue weighted by Gasteiger charge is 2.13. The highest BCUT2D eigenvalue weighted by molar-refractivity contribution is 6.30. The average molecular weight is 310 g/mol. The van der Waals surface area contributed by atoms with E-state index >= 15 is 0 Å². The molecule has 0 aliphatic heterocycles. The van der Waals surface area contributed by atoms with E-state index < -0.39 is 0 Å². The van der Waals surface area contributed by atoms with Crippen LogP contribution in [0.3, 0.4) is 0 Å². The first-order valence-electron chi connectivity index (χ1n) is 7.16. The molecule has 0 aliphatic carbocycles. The molecule has 22 heavy (non-hydrogen) atoms. The van der Waals surface area contributed by atoms with Crippen LogP contribution >= 0.6 is 11.6 Å². The maximum Gasteiger partial charge on any atom is 0.122 e. The highest BCUT2D eigenvalue weighted by Crippen LogP contribution is 2.30. The minimum Gasteiger partial charge on any atom is -0.486 e. The van der Waals surface area contributed by atoms with Crippen molar-refractivity contribution in [3.63, 3.8) is 0 Å². The summed E-state index contributed by atoms with van der Waals surface area (Å²) in [5, 5.41) is 0.703. The van der Waals surface area contributed by atoms with E-state index in [1.165, 1.54) is 0 Å². The number of nitrogens with zero attached hydrogens (tertiary/aromatic N) is 1. The van der Waals surface area contributed by atoms with Gasteiger partial charge in [0.15, 0.2) is 0 Å². The van der Waals surface area contributed by atoms with Crippen molar-refractivity contribution in [2.75, 3.05) is 0 Å². The molecule has 0 aliphatic rings. The summed E-state index contributed by atoms with van der Waals surface area (Å²) in [6.07, 6.45) is 1.72. The molecule has 110 valence electrons. The first-order chi connectivity index (χ1) is 10.7. The van der Waals surface area contributed by atoms with Gasteiger partial charge in [0.1, 0.15) is 11.9 Å². The van der Waals surface area contributed by atoms with Gasteiger partial charge in [-0.1, -0.05) is 41.9 Å². The average Bonchev–Trinajstić information content (AvgIpc) is 2.58. The van der Waals surface area contributed by atoms with Gasteiger partial charge in [0.25, 0.3) is 0 Å². The van der Waals surface area contributed by atoms with E-state index in [-0.39, 0.29) is 6.10 Å². The summed E-state index contributed by atoms with van der Waals surface area (Å²) in [6.45, 7) is 2.04. The molecule has 2 aromatic carbocycles. The Morgan fingerprint density at radius 1 is 0.909 bits per heavy atom. The number of pyridine rings is 1. The van der Waals surface area contributed by atoms with Crippen molar-refractivity contribution in [2.24, 2.45) is 0 Å². The zero-order valence-corrected chi connectivity index (χ0v) is 13.0. The molecule has 0 saturated carbocycles. The predicted octanol–water partition coefficient (Wildman–Crippen LogP) is 5.54. The molecule has 3 rings (SSSR count). The van der Waals surface area contributed by atoms with E-state index in [9.17, 15) is 0 Å². The summed E-state index contributed by atoms with van der Waals surface area (Å²) in [5.74, 6) is 0.799. The number of rotatable bonds is 4. The van der Waals surface area contributed by atoms with Crippen LogP contribution in [0.5, 0.6) is 5.75 Å². The summed E-state index contributed by atoms with van der Waals surface area (Å²) in [7, 11) is 0. The van der Waals surface area contributed by atoms with Gasteiger partial charge in [-0.2, -0.15) is 0 Å². The lowest BCUT2D eigenvalue weighted by molar-refractivity contribution is 0.227. The van der Waals surface area contributed by atoms with Crippen molar-refractivity contribution in [3.8, 4) is 17.0 Å². The molecule has 0 N–H and O–H groups in total. The van der Waals surface area contributed by atoms with Gasteiger partial charge in [0, 0.05) is 22.3 Å². The Hall–Kier alpha value is -2.32. The fraction of sp³-hybridized carbons (Fsp3) is 0.105. The Morgan fingerprint density at radius 3 is 2.36 bits per heavy atom. The normalized spacial score (nSPS) is 11.9. The molecule has 0 saturated heterocycles. The van der Waals surface area contributed by atoms with Gasteiger partial charge in [-0.15, -0.1) is 0 Å². The topological polar surface area (TPSA) is 22.1 Å². The molecular formula is C19H16ClNO. The van der Waals surface area contributed by atoms with Crippen molar-refractivity contribution in [3.05, 3.63) is 83.5 Å². The minimum atomic E-state index is -0.0839. The van der Waals surface area contributed by atoms with Crippen molar-refractivity contribution in [1.82, 2.24) is 4.98 Å². The molecule has 1 aromatic heterocycles. The summed E-state index contributed by atoms with van der Waals surface area (Å²) >= 11 is 5.91. The van der Waals surface area contributed by atoms with Crippen LogP contribution in [0.4, 0.5) is 0 Å². The third-order valence-corrected chi connectivity index (χ3v) is 3.72. The molecule has 0 spiro atoms. The standard InChI is InChI=1S/C19H16ClNO/c1-14(22-16-11-9-15(20)10-12-16)17-6-2-3-7-18(17)19-8-4-5-13-21-19/h2-14H,1H3. The van der Waals surface area contributed by atoms with Crippen LogP contribution in [0, 0.1) is 0 Å². The predicted molar refractivity (Wildman–Crippen MR) is 90.2 cm³/mol. The van der Waals surface area contributed by atoms with Crippen LogP contribution in [0.15, 0.2) is 72.9 Å². The Morgan fingerprint density at radius 2 is 1.64 bits per heavy atom. The fourth-order valence-electron chi connectivity index (χ4n) is 2.39. The summed E-state index contributed by atoms with van der Waals surface area (Å²) < 4.78 is 6.03. The van der Waals surface area contributed by atoms with Crippen LogP contribution in [-0.2, 0) is 0 Å². The molecule has 3 heteroatoms. The van der Waals surface area contributed by atoms with E-state index in [1.54, 1.807) is 6.20 Å². The van der Waals surface area contributed by atoms with Gasteiger partial charge in [-0.05, 0) is 43.3 Å². The lowest BCUT2D eigenvalue weighted by atomic mass is 10.00. The van der Waals surface area contributed by atoms with Gasteiger partial charge in [-0.3, -0.25) is 4.98 Å². The third-order valence-electron chi connectivity index (χ3n) is 3.47. The maximum absolute atomic E-state index is 6.03. The van der Waals surface area contributed by atoms with Gasteiger partial charge in [0.05, 0.1) is 5.69 Å². The number of halogens is 1. The summed E-state index contributed by atoms with van der Waals surface area (Å²) in [6, 6.07) is 21.5.